The van der Waals surface area contributed by atoms with Crippen LogP contribution in [-0.2, 0) is 11.2 Å². The lowest BCUT2D eigenvalue weighted by molar-refractivity contribution is 0.0600. The summed E-state index contributed by atoms with van der Waals surface area (Å²) in [5, 5.41) is 0. The van der Waals surface area contributed by atoms with E-state index < -0.39 is 0 Å². The zero-order valence-corrected chi connectivity index (χ0v) is 15.7. The van der Waals surface area contributed by atoms with Crippen LogP contribution in [0.15, 0.2) is 48.5 Å². The Bertz CT molecular complexity index is 732. The second-order valence-corrected chi connectivity index (χ2v) is 5.90. The Kier molecular flexibility index (Phi) is 7.75. The molecule has 4 nitrogen and oxygen atoms in total. The number of methoxy groups -OCH3 is 2. The summed E-state index contributed by atoms with van der Waals surface area (Å²) in [4.78, 5) is 11.8. The molecule has 0 aliphatic carbocycles. The molecule has 0 saturated heterocycles. The molecule has 0 aliphatic heterocycles. The molecule has 0 bridgehead atoms. The van der Waals surface area contributed by atoms with Crippen molar-refractivity contribution >= 4 is 12.0 Å². The van der Waals surface area contributed by atoms with Crippen LogP contribution in [-0.4, -0.2) is 26.8 Å². The Morgan fingerprint density at radius 1 is 1.08 bits per heavy atom. The van der Waals surface area contributed by atoms with Crippen molar-refractivity contribution < 1.29 is 19.0 Å². The highest BCUT2D eigenvalue weighted by Crippen LogP contribution is 2.23. The van der Waals surface area contributed by atoms with Crippen molar-refractivity contribution in [3.05, 3.63) is 65.2 Å². The molecule has 26 heavy (non-hydrogen) atoms. The van der Waals surface area contributed by atoms with Gasteiger partial charge in [0.25, 0.3) is 0 Å². The van der Waals surface area contributed by atoms with Gasteiger partial charge in [-0.3, -0.25) is 0 Å². The first kappa shape index (κ1) is 19.6. The summed E-state index contributed by atoms with van der Waals surface area (Å²) in [5.74, 6) is 1.19. The van der Waals surface area contributed by atoms with Gasteiger partial charge >= 0.3 is 5.97 Å². The third-order valence-electron chi connectivity index (χ3n) is 4.00. The first-order chi connectivity index (χ1) is 12.7. The zero-order chi connectivity index (χ0) is 18.8. The maximum absolute atomic E-state index is 11.8. The fourth-order valence-corrected chi connectivity index (χ4v) is 2.45. The minimum absolute atomic E-state index is 0.362. The highest BCUT2D eigenvalue weighted by Gasteiger charge is 2.09. The van der Waals surface area contributed by atoms with E-state index in [0.717, 1.165) is 30.6 Å². The van der Waals surface area contributed by atoms with E-state index in [4.69, 9.17) is 14.2 Å². The van der Waals surface area contributed by atoms with Gasteiger partial charge in [0, 0.05) is 5.56 Å². The number of hydrogen-bond donors (Lipinski definition) is 0. The Morgan fingerprint density at radius 2 is 1.85 bits per heavy atom. The fourth-order valence-electron chi connectivity index (χ4n) is 2.45. The lowest BCUT2D eigenvalue weighted by Gasteiger charge is -2.10. The molecule has 0 heterocycles. The van der Waals surface area contributed by atoms with Crippen LogP contribution in [0.3, 0.4) is 0 Å². The van der Waals surface area contributed by atoms with Crippen molar-refractivity contribution in [3.63, 3.8) is 0 Å². The summed E-state index contributed by atoms with van der Waals surface area (Å²) >= 11 is 0. The molecule has 2 rings (SSSR count). The largest absolute Gasteiger partial charge is 0.497 e. The Hall–Kier alpha value is -2.75. The van der Waals surface area contributed by atoms with E-state index in [1.54, 1.807) is 19.2 Å². The maximum Gasteiger partial charge on any atom is 0.337 e. The molecule has 138 valence electrons. The van der Waals surface area contributed by atoms with Gasteiger partial charge in [0.1, 0.15) is 11.5 Å². The summed E-state index contributed by atoms with van der Waals surface area (Å²) < 4.78 is 15.8. The molecule has 0 unspecified atom stereocenters. The van der Waals surface area contributed by atoms with Crippen LogP contribution in [0.25, 0.3) is 6.08 Å². The Labute approximate surface area is 155 Å². The average Bonchev–Trinajstić information content (AvgIpc) is 2.69. The summed E-state index contributed by atoms with van der Waals surface area (Å²) in [5.41, 5.74) is 2.63. The van der Waals surface area contributed by atoms with E-state index in [1.165, 1.54) is 12.7 Å². The average molecular weight is 354 g/mol. The lowest BCUT2D eigenvalue weighted by atomic mass is 10.1. The standard InChI is InChI=1S/C22H26O4/c1-4-5-15-26-21-16-19(22(23)25-3)12-11-18(21)8-6-7-17-9-13-20(24-2)14-10-17/h6,8-14,16H,4-5,7,15H2,1-3H3. The van der Waals surface area contributed by atoms with Gasteiger partial charge in [-0.2, -0.15) is 0 Å². The van der Waals surface area contributed by atoms with Crippen molar-refractivity contribution in [1.29, 1.82) is 0 Å². The molecule has 0 N–H and O–H groups in total. The number of esters is 1. The normalized spacial score (nSPS) is 10.7. The minimum atomic E-state index is -0.362. The molecule has 0 fully saturated rings. The van der Waals surface area contributed by atoms with Gasteiger partial charge in [-0.15, -0.1) is 0 Å². The molecule has 4 heteroatoms. The van der Waals surface area contributed by atoms with Crippen molar-refractivity contribution in [3.8, 4) is 11.5 Å². The maximum atomic E-state index is 11.8. The Balaban J connectivity index is 2.12. The van der Waals surface area contributed by atoms with Crippen LogP contribution in [0.5, 0.6) is 11.5 Å². The molecule has 0 saturated carbocycles. The number of allylic oxidation sites excluding steroid dienone is 1. The van der Waals surface area contributed by atoms with Crippen LogP contribution in [0, 0.1) is 0 Å². The second-order valence-electron chi connectivity index (χ2n) is 5.90. The van der Waals surface area contributed by atoms with Crippen LogP contribution >= 0.6 is 0 Å². The number of unbranched alkanes of at least 4 members (excludes halogenated alkanes) is 1. The van der Waals surface area contributed by atoms with Gasteiger partial charge in [-0.25, -0.2) is 4.79 Å². The van der Waals surface area contributed by atoms with Crippen LogP contribution in [0.4, 0.5) is 0 Å². The summed E-state index contributed by atoms with van der Waals surface area (Å²) in [6, 6.07) is 13.4. The van der Waals surface area contributed by atoms with E-state index in [0.29, 0.717) is 17.9 Å². The van der Waals surface area contributed by atoms with Gasteiger partial charge in [0.05, 0.1) is 26.4 Å². The number of hydrogen-bond acceptors (Lipinski definition) is 4. The van der Waals surface area contributed by atoms with Crippen LogP contribution in [0.2, 0.25) is 0 Å². The molecular formula is C22H26O4. The van der Waals surface area contributed by atoms with Crippen molar-refractivity contribution in [2.24, 2.45) is 0 Å². The van der Waals surface area contributed by atoms with Crippen molar-refractivity contribution in [2.75, 3.05) is 20.8 Å². The monoisotopic (exact) mass is 354 g/mol. The number of ether oxygens (including phenoxy) is 3. The third kappa shape index (κ3) is 5.66. The van der Waals surface area contributed by atoms with E-state index in [9.17, 15) is 4.79 Å². The smallest absolute Gasteiger partial charge is 0.337 e. The van der Waals surface area contributed by atoms with E-state index in [1.807, 2.05) is 36.4 Å². The quantitative estimate of drug-likeness (QED) is 0.474. The van der Waals surface area contributed by atoms with Gasteiger partial charge in [-0.1, -0.05) is 43.7 Å². The molecule has 2 aromatic rings. The molecule has 0 aromatic heterocycles. The van der Waals surface area contributed by atoms with E-state index in [-0.39, 0.29) is 5.97 Å². The summed E-state index contributed by atoms with van der Waals surface area (Å²) in [7, 11) is 3.04. The molecular weight excluding hydrogens is 328 g/mol. The zero-order valence-electron chi connectivity index (χ0n) is 15.7. The summed E-state index contributed by atoms with van der Waals surface area (Å²) in [6.07, 6.45) is 6.93. The molecule has 0 aliphatic rings. The second kappa shape index (κ2) is 10.3. The number of rotatable bonds is 9. The molecule has 0 spiro atoms. The van der Waals surface area contributed by atoms with E-state index >= 15 is 0 Å². The van der Waals surface area contributed by atoms with Crippen molar-refractivity contribution in [1.82, 2.24) is 0 Å². The van der Waals surface area contributed by atoms with Crippen LogP contribution < -0.4 is 9.47 Å². The predicted molar refractivity (Wildman–Crippen MR) is 104 cm³/mol. The van der Waals surface area contributed by atoms with E-state index in [2.05, 4.69) is 13.0 Å². The van der Waals surface area contributed by atoms with Crippen molar-refractivity contribution in [2.45, 2.75) is 26.2 Å². The first-order valence-corrected chi connectivity index (χ1v) is 8.82. The number of benzene rings is 2. The van der Waals surface area contributed by atoms with Gasteiger partial charge < -0.3 is 14.2 Å². The third-order valence-corrected chi connectivity index (χ3v) is 4.00. The number of carbonyl (C=O) groups excluding carboxylic acids is 1. The SMILES string of the molecule is CCCCOc1cc(C(=O)OC)ccc1C=CCc1ccc(OC)cc1. The predicted octanol–water partition coefficient (Wildman–Crippen LogP) is 4.92. The molecule has 0 radical (unpaired) electrons. The first-order valence-electron chi connectivity index (χ1n) is 8.82. The molecule has 2 aromatic carbocycles. The fraction of sp³-hybridized carbons (Fsp3) is 0.318. The highest BCUT2D eigenvalue weighted by molar-refractivity contribution is 5.90. The van der Waals surface area contributed by atoms with Gasteiger partial charge in [0.15, 0.2) is 0 Å². The minimum Gasteiger partial charge on any atom is -0.497 e. The van der Waals surface area contributed by atoms with Gasteiger partial charge in [-0.05, 0) is 42.7 Å². The van der Waals surface area contributed by atoms with Gasteiger partial charge in [0.2, 0.25) is 0 Å². The molecule has 0 amide bonds. The van der Waals surface area contributed by atoms with Crippen LogP contribution in [0.1, 0.15) is 41.3 Å². The number of carbonyl (C=O) groups is 1. The topological polar surface area (TPSA) is 44.8 Å². The Morgan fingerprint density at radius 3 is 2.50 bits per heavy atom. The summed E-state index contributed by atoms with van der Waals surface area (Å²) in [6.45, 7) is 2.74. The lowest BCUT2D eigenvalue weighted by Crippen LogP contribution is -2.04. The molecule has 0 atom stereocenters. The highest BCUT2D eigenvalue weighted by atomic mass is 16.5.